The summed E-state index contributed by atoms with van der Waals surface area (Å²) in [7, 11) is 0. The van der Waals surface area contributed by atoms with E-state index < -0.39 is 17.4 Å². The molecule has 1 aromatic rings. The van der Waals surface area contributed by atoms with Crippen molar-refractivity contribution in [2.45, 2.75) is 24.3 Å². The van der Waals surface area contributed by atoms with Crippen LogP contribution in [0.3, 0.4) is 0 Å². The number of ether oxygens (including phenoxy) is 1. The molecule has 1 aliphatic carbocycles. The van der Waals surface area contributed by atoms with Crippen LogP contribution in [0, 0.1) is 0 Å². The summed E-state index contributed by atoms with van der Waals surface area (Å²) in [5, 5.41) is 9.88. The summed E-state index contributed by atoms with van der Waals surface area (Å²) < 4.78 is 5.19. The van der Waals surface area contributed by atoms with Crippen LogP contribution in [0.5, 0.6) is 0 Å². The maximum atomic E-state index is 12.9. The van der Waals surface area contributed by atoms with Crippen LogP contribution in [0.15, 0.2) is 24.3 Å². The summed E-state index contributed by atoms with van der Waals surface area (Å²) in [4.78, 5) is 25.6. The minimum absolute atomic E-state index is 0.0533. The predicted octanol–water partition coefficient (Wildman–Crippen LogP) is 1.68. The number of carboxylic acid groups (broad SMARTS) is 1. The minimum atomic E-state index is -1.02. The Bertz CT molecular complexity index is 568. The van der Waals surface area contributed by atoms with Crippen LogP contribution in [-0.2, 0) is 19.7 Å². The molecule has 5 nitrogen and oxygen atoms in total. The highest BCUT2D eigenvalue weighted by Gasteiger charge is 2.54. The number of rotatable bonds is 3. The van der Waals surface area contributed by atoms with Gasteiger partial charge in [-0.3, -0.25) is 4.79 Å². The van der Waals surface area contributed by atoms with Crippen LogP contribution in [0.1, 0.15) is 18.4 Å². The number of amides is 1. The van der Waals surface area contributed by atoms with Gasteiger partial charge in [0.25, 0.3) is 0 Å². The number of carbonyl (C=O) groups excluding carboxylic acids is 1. The molecule has 1 amide bonds. The lowest BCUT2D eigenvalue weighted by Gasteiger charge is -2.35. The number of aliphatic carboxylic acids is 1. The number of nitrogens with zero attached hydrogens (tertiary/aromatic N) is 1. The minimum Gasteiger partial charge on any atom is -0.480 e. The molecule has 1 aromatic carbocycles. The van der Waals surface area contributed by atoms with Crippen molar-refractivity contribution in [3.8, 4) is 0 Å². The van der Waals surface area contributed by atoms with Gasteiger partial charge in [0.15, 0.2) is 6.04 Å². The molecule has 3 rings (SSSR count). The van der Waals surface area contributed by atoms with Crippen LogP contribution in [0.25, 0.3) is 0 Å². The zero-order valence-electron chi connectivity index (χ0n) is 11.4. The Kier molecular flexibility index (Phi) is 3.63. The van der Waals surface area contributed by atoms with Gasteiger partial charge in [0.1, 0.15) is 0 Å². The van der Waals surface area contributed by atoms with Crippen LogP contribution in [-0.4, -0.2) is 47.7 Å². The van der Waals surface area contributed by atoms with Gasteiger partial charge in [-0.05, 0) is 30.5 Å². The lowest BCUT2D eigenvalue weighted by atomic mass is 9.93. The Hall–Kier alpha value is -1.59. The maximum Gasteiger partial charge on any atom is 0.328 e. The van der Waals surface area contributed by atoms with Crippen molar-refractivity contribution < 1.29 is 19.4 Å². The van der Waals surface area contributed by atoms with E-state index in [9.17, 15) is 14.7 Å². The number of carboxylic acids is 1. The molecule has 1 aliphatic heterocycles. The van der Waals surface area contributed by atoms with E-state index in [2.05, 4.69) is 0 Å². The zero-order valence-corrected chi connectivity index (χ0v) is 12.2. The van der Waals surface area contributed by atoms with Crippen molar-refractivity contribution >= 4 is 23.5 Å². The van der Waals surface area contributed by atoms with Crippen LogP contribution < -0.4 is 0 Å². The summed E-state index contributed by atoms with van der Waals surface area (Å²) in [5.74, 6) is -1.13. The van der Waals surface area contributed by atoms with Crippen molar-refractivity contribution in [2.75, 3.05) is 19.8 Å². The largest absolute Gasteiger partial charge is 0.480 e. The third-order valence-corrected chi connectivity index (χ3v) is 4.48. The molecule has 2 aliphatic rings. The third kappa shape index (κ3) is 2.51. The first kappa shape index (κ1) is 14.4. The van der Waals surface area contributed by atoms with Gasteiger partial charge in [-0.1, -0.05) is 23.7 Å². The van der Waals surface area contributed by atoms with E-state index in [1.165, 1.54) is 4.90 Å². The monoisotopic (exact) mass is 309 g/mol. The van der Waals surface area contributed by atoms with Crippen molar-refractivity contribution in [1.82, 2.24) is 4.90 Å². The highest BCUT2D eigenvalue weighted by molar-refractivity contribution is 6.30. The van der Waals surface area contributed by atoms with Crippen molar-refractivity contribution in [3.63, 3.8) is 0 Å². The first-order chi connectivity index (χ1) is 10.0. The summed E-state index contributed by atoms with van der Waals surface area (Å²) in [6, 6.07) is 6.33. The standard InChI is InChI=1S/C15H16ClNO4/c16-11-3-1-10(2-4-11)15(5-6-15)14(20)17-7-8-21-9-12(17)13(18)19/h1-4,12H,5-9H2,(H,18,19). The van der Waals surface area contributed by atoms with Gasteiger partial charge >= 0.3 is 5.97 Å². The van der Waals surface area contributed by atoms with E-state index in [0.29, 0.717) is 18.2 Å². The molecule has 112 valence electrons. The van der Waals surface area contributed by atoms with Crippen LogP contribution in [0.2, 0.25) is 5.02 Å². The van der Waals surface area contributed by atoms with Crippen molar-refractivity contribution in [1.29, 1.82) is 0 Å². The summed E-state index contributed by atoms with van der Waals surface area (Å²) >= 11 is 5.89. The molecular formula is C15H16ClNO4. The summed E-state index contributed by atoms with van der Waals surface area (Å²) in [5.41, 5.74) is 0.336. The fraction of sp³-hybridized carbons (Fsp3) is 0.467. The van der Waals surface area contributed by atoms with E-state index >= 15 is 0 Å². The highest BCUT2D eigenvalue weighted by atomic mass is 35.5. The van der Waals surface area contributed by atoms with E-state index in [4.69, 9.17) is 16.3 Å². The van der Waals surface area contributed by atoms with E-state index in [1.54, 1.807) is 12.1 Å². The summed E-state index contributed by atoms with van der Waals surface area (Å²) in [6.45, 7) is 0.759. The summed E-state index contributed by atoms with van der Waals surface area (Å²) in [6.07, 6.45) is 1.49. The third-order valence-electron chi connectivity index (χ3n) is 4.23. The molecule has 0 radical (unpaired) electrons. The van der Waals surface area contributed by atoms with Crippen molar-refractivity contribution in [2.24, 2.45) is 0 Å². The number of carbonyl (C=O) groups is 2. The lowest BCUT2D eigenvalue weighted by molar-refractivity contribution is -0.159. The van der Waals surface area contributed by atoms with Gasteiger partial charge in [-0.2, -0.15) is 0 Å². The van der Waals surface area contributed by atoms with E-state index in [0.717, 1.165) is 18.4 Å². The van der Waals surface area contributed by atoms with Gasteiger partial charge in [0.2, 0.25) is 5.91 Å². The normalized spacial score (nSPS) is 23.7. The molecule has 1 saturated carbocycles. The quantitative estimate of drug-likeness (QED) is 0.922. The van der Waals surface area contributed by atoms with Crippen molar-refractivity contribution in [3.05, 3.63) is 34.9 Å². The van der Waals surface area contributed by atoms with E-state index in [-0.39, 0.29) is 12.5 Å². The highest BCUT2D eigenvalue weighted by Crippen LogP contribution is 2.50. The van der Waals surface area contributed by atoms with Gasteiger partial charge in [-0.15, -0.1) is 0 Å². The average Bonchev–Trinajstić information content (AvgIpc) is 3.29. The second-order valence-corrected chi connectivity index (χ2v) is 5.95. The Morgan fingerprint density at radius 3 is 2.52 bits per heavy atom. The zero-order chi connectivity index (χ0) is 15.0. The maximum absolute atomic E-state index is 12.9. The molecule has 6 heteroatoms. The smallest absolute Gasteiger partial charge is 0.328 e. The number of benzene rings is 1. The molecule has 1 unspecified atom stereocenters. The Labute approximate surface area is 127 Å². The molecule has 0 aromatic heterocycles. The van der Waals surface area contributed by atoms with Crippen LogP contribution in [0.4, 0.5) is 0 Å². The molecule has 2 fully saturated rings. The molecule has 21 heavy (non-hydrogen) atoms. The molecular weight excluding hydrogens is 294 g/mol. The average molecular weight is 310 g/mol. The molecule has 1 N–H and O–H groups in total. The Balaban J connectivity index is 1.86. The lowest BCUT2D eigenvalue weighted by Crippen LogP contribution is -2.55. The Morgan fingerprint density at radius 1 is 1.29 bits per heavy atom. The van der Waals surface area contributed by atoms with Gasteiger partial charge in [0, 0.05) is 11.6 Å². The second kappa shape index (κ2) is 5.31. The van der Waals surface area contributed by atoms with Gasteiger partial charge < -0.3 is 14.7 Å². The fourth-order valence-corrected chi connectivity index (χ4v) is 2.97. The topological polar surface area (TPSA) is 66.8 Å². The molecule has 1 atom stereocenters. The van der Waals surface area contributed by atoms with Crippen LogP contribution >= 0.6 is 11.6 Å². The number of halogens is 1. The first-order valence-electron chi connectivity index (χ1n) is 6.92. The number of morpholine rings is 1. The second-order valence-electron chi connectivity index (χ2n) is 5.52. The fourth-order valence-electron chi connectivity index (χ4n) is 2.85. The number of hydrogen-bond acceptors (Lipinski definition) is 3. The molecule has 1 heterocycles. The predicted molar refractivity (Wildman–Crippen MR) is 76.3 cm³/mol. The number of hydrogen-bond donors (Lipinski definition) is 1. The molecule has 0 spiro atoms. The SMILES string of the molecule is O=C(O)C1COCCN1C(=O)C1(c2ccc(Cl)cc2)CC1. The molecule has 0 bridgehead atoms. The van der Waals surface area contributed by atoms with E-state index in [1.807, 2.05) is 12.1 Å². The Morgan fingerprint density at radius 2 is 1.95 bits per heavy atom. The first-order valence-corrected chi connectivity index (χ1v) is 7.30. The molecule has 1 saturated heterocycles. The van der Waals surface area contributed by atoms with Gasteiger partial charge in [-0.25, -0.2) is 4.79 Å². The van der Waals surface area contributed by atoms with Gasteiger partial charge in [0.05, 0.1) is 18.6 Å².